The zero-order valence-corrected chi connectivity index (χ0v) is 19.5. The molecule has 3 nitrogen and oxygen atoms in total. The first-order chi connectivity index (χ1) is 17.1. The van der Waals surface area contributed by atoms with Crippen LogP contribution in [0.5, 0.6) is 0 Å². The fourth-order valence-electron chi connectivity index (χ4n) is 6.13. The van der Waals surface area contributed by atoms with E-state index in [0.717, 1.165) is 22.1 Å². The molecule has 0 saturated heterocycles. The van der Waals surface area contributed by atoms with Crippen molar-refractivity contribution in [3.05, 3.63) is 108 Å². The highest BCUT2D eigenvalue weighted by Crippen LogP contribution is 2.50. The predicted molar refractivity (Wildman–Crippen MR) is 143 cm³/mol. The van der Waals surface area contributed by atoms with Crippen molar-refractivity contribution in [1.82, 2.24) is 9.55 Å². The van der Waals surface area contributed by atoms with Gasteiger partial charge in [-0.25, -0.2) is 0 Å². The summed E-state index contributed by atoms with van der Waals surface area (Å²) >= 11 is 0. The average molecular weight is 451 g/mol. The van der Waals surface area contributed by atoms with E-state index in [2.05, 4.69) is 91.2 Å². The van der Waals surface area contributed by atoms with Gasteiger partial charge in [-0.3, -0.25) is 4.57 Å². The Balaban J connectivity index is 1.55. The van der Waals surface area contributed by atoms with Crippen LogP contribution in [0.1, 0.15) is 25.0 Å². The Morgan fingerprint density at radius 3 is 2.40 bits per heavy atom. The minimum atomic E-state index is -0.0257. The van der Waals surface area contributed by atoms with E-state index >= 15 is 0 Å². The van der Waals surface area contributed by atoms with E-state index in [4.69, 9.17) is 9.40 Å². The van der Waals surface area contributed by atoms with Crippen molar-refractivity contribution >= 4 is 43.7 Å². The van der Waals surface area contributed by atoms with Gasteiger partial charge in [-0.1, -0.05) is 80.6 Å². The molecule has 0 unspecified atom stereocenters. The molecule has 2 aromatic heterocycles. The minimum absolute atomic E-state index is 0.0257. The summed E-state index contributed by atoms with van der Waals surface area (Å²) in [6.07, 6.45) is 0. The van der Waals surface area contributed by atoms with Crippen molar-refractivity contribution in [3.8, 4) is 17.1 Å². The second-order valence-electron chi connectivity index (χ2n) is 10.1. The van der Waals surface area contributed by atoms with Crippen molar-refractivity contribution in [2.45, 2.75) is 19.3 Å². The molecule has 5 aromatic carbocycles. The fourth-order valence-corrected chi connectivity index (χ4v) is 6.13. The molecule has 0 radical (unpaired) electrons. The molecule has 1 aliphatic rings. The lowest BCUT2D eigenvalue weighted by atomic mass is 9.82. The zero-order chi connectivity index (χ0) is 23.3. The third-order valence-electron chi connectivity index (χ3n) is 7.83. The third kappa shape index (κ3) is 2.37. The maximum Gasteiger partial charge on any atom is 0.307 e. The van der Waals surface area contributed by atoms with Gasteiger partial charge in [0.25, 0.3) is 0 Å². The lowest BCUT2D eigenvalue weighted by molar-refractivity contribution is 0.574. The van der Waals surface area contributed by atoms with Gasteiger partial charge >= 0.3 is 6.01 Å². The number of fused-ring (bicyclic) bond motifs is 9. The Bertz CT molecular complexity index is 1950. The standard InChI is InChI=1S/C32H22N2O/c1-32(2)25-11-5-3-9-20(25)24-18-23-19(17-26(24)32)15-16-22-21-10-4-7-13-28(21)34(30(22)23)31-33-27-12-6-8-14-29(27)35-31/h3-18H,1-2H3. The minimum Gasteiger partial charge on any atom is -0.423 e. The van der Waals surface area contributed by atoms with Crippen LogP contribution in [-0.2, 0) is 5.41 Å². The first-order valence-corrected chi connectivity index (χ1v) is 12.1. The first kappa shape index (κ1) is 19.0. The average Bonchev–Trinajstić information content (AvgIpc) is 3.52. The van der Waals surface area contributed by atoms with Crippen LogP contribution in [0.15, 0.2) is 101 Å². The second kappa shape index (κ2) is 6.39. The van der Waals surface area contributed by atoms with Gasteiger partial charge in [0.1, 0.15) is 5.52 Å². The van der Waals surface area contributed by atoms with E-state index in [1.807, 2.05) is 24.3 Å². The number of para-hydroxylation sites is 3. The van der Waals surface area contributed by atoms with Crippen LogP contribution in [-0.4, -0.2) is 9.55 Å². The summed E-state index contributed by atoms with van der Waals surface area (Å²) in [4.78, 5) is 4.89. The SMILES string of the molecule is CC1(C)c2ccccc2-c2cc3c(ccc4c5ccccc5n(-c5nc6ccccc6o5)c34)cc21. The number of oxazole rings is 1. The van der Waals surface area contributed by atoms with E-state index in [9.17, 15) is 0 Å². The van der Waals surface area contributed by atoms with Gasteiger partial charge in [0.15, 0.2) is 5.58 Å². The highest BCUT2D eigenvalue weighted by Gasteiger charge is 2.35. The van der Waals surface area contributed by atoms with Crippen LogP contribution in [0, 0.1) is 0 Å². The monoisotopic (exact) mass is 450 g/mol. The van der Waals surface area contributed by atoms with Gasteiger partial charge in [0.2, 0.25) is 0 Å². The van der Waals surface area contributed by atoms with E-state index in [1.54, 1.807) is 0 Å². The largest absolute Gasteiger partial charge is 0.423 e. The van der Waals surface area contributed by atoms with Crippen molar-refractivity contribution < 1.29 is 4.42 Å². The predicted octanol–water partition coefficient (Wildman–Crippen LogP) is 8.38. The van der Waals surface area contributed by atoms with Crippen LogP contribution in [0.2, 0.25) is 0 Å². The topological polar surface area (TPSA) is 31.0 Å². The maximum atomic E-state index is 6.31. The summed E-state index contributed by atoms with van der Waals surface area (Å²) in [5.41, 5.74) is 9.30. The molecule has 0 spiro atoms. The normalized spacial score (nSPS) is 14.2. The molecule has 8 rings (SSSR count). The lowest BCUT2D eigenvalue weighted by Gasteiger charge is -2.21. The van der Waals surface area contributed by atoms with Crippen molar-refractivity contribution in [2.75, 3.05) is 0 Å². The van der Waals surface area contributed by atoms with E-state index in [-0.39, 0.29) is 5.41 Å². The van der Waals surface area contributed by atoms with Gasteiger partial charge in [-0.2, -0.15) is 4.98 Å². The van der Waals surface area contributed by atoms with Crippen LogP contribution >= 0.6 is 0 Å². The molecule has 3 heteroatoms. The highest BCUT2D eigenvalue weighted by atomic mass is 16.4. The molecule has 35 heavy (non-hydrogen) atoms. The van der Waals surface area contributed by atoms with Crippen LogP contribution in [0.4, 0.5) is 0 Å². The lowest BCUT2D eigenvalue weighted by Crippen LogP contribution is -2.14. The van der Waals surface area contributed by atoms with E-state index in [1.165, 1.54) is 43.8 Å². The molecule has 0 fully saturated rings. The number of aromatic nitrogens is 2. The van der Waals surface area contributed by atoms with Crippen molar-refractivity contribution in [1.29, 1.82) is 0 Å². The molecule has 0 saturated carbocycles. The van der Waals surface area contributed by atoms with Gasteiger partial charge in [0, 0.05) is 21.6 Å². The van der Waals surface area contributed by atoms with E-state index < -0.39 is 0 Å². The van der Waals surface area contributed by atoms with E-state index in [0.29, 0.717) is 6.01 Å². The summed E-state index contributed by atoms with van der Waals surface area (Å²) in [6, 6.07) is 35.2. The molecule has 166 valence electrons. The van der Waals surface area contributed by atoms with Gasteiger partial charge in [-0.05, 0) is 58.0 Å². The smallest absolute Gasteiger partial charge is 0.307 e. The number of nitrogens with zero attached hydrogens (tertiary/aromatic N) is 2. The van der Waals surface area contributed by atoms with Crippen molar-refractivity contribution in [2.24, 2.45) is 0 Å². The highest BCUT2D eigenvalue weighted by molar-refractivity contribution is 6.19. The molecule has 0 bridgehead atoms. The summed E-state index contributed by atoms with van der Waals surface area (Å²) in [5.74, 6) is 0. The maximum absolute atomic E-state index is 6.31. The second-order valence-corrected chi connectivity index (χ2v) is 10.1. The zero-order valence-electron chi connectivity index (χ0n) is 19.5. The Hall–Kier alpha value is -4.37. The molecule has 7 aromatic rings. The first-order valence-electron chi connectivity index (χ1n) is 12.1. The number of rotatable bonds is 1. The molecule has 0 N–H and O–H groups in total. The summed E-state index contributed by atoms with van der Waals surface area (Å²) in [5, 5.41) is 4.86. The molecular formula is C32H22N2O. The third-order valence-corrected chi connectivity index (χ3v) is 7.83. The quantitative estimate of drug-likeness (QED) is 0.251. The number of hydrogen-bond donors (Lipinski definition) is 0. The fraction of sp³-hybridized carbons (Fsp3) is 0.0938. The van der Waals surface area contributed by atoms with Crippen molar-refractivity contribution in [3.63, 3.8) is 0 Å². The van der Waals surface area contributed by atoms with Crippen LogP contribution in [0.25, 0.3) is 60.8 Å². The Labute approximate surface area is 202 Å². The van der Waals surface area contributed by atoms with Crippen LogP contribution < -0.4 is 0 Å². The Kier molecular flexibility index (Phi) is 3.47. The molecule has 0 aliphatic heterocycles. The summed E-state index contributed by atoms with van der Waals surface area (Å²) in [7, 11) is 0. The van der Waals surface area contributed by atoms with Gasteiger partial charge in [0.05, 0.1) is 11.0 Å². The molecule has 0 atom stereocenters. The summed E-state index contributed by atoms with van der Waals surface area (Å²) < 4.78 is 8.51. The Morgan fingerprint density at radius 1 is 0.686 bits per heavy atom. The number of benzene rings is 5. The molecule has 1 aliphatic carbocycles. The molecule has 0 amide bonds. The molecular weight excluding hydrogens is 428 g/mol. The number of hydrogen-bond acceptors (Lipinski definition) is 2. The molecule has 2 heterocycles. The summed E-state index contributed by atoms with van der Waals surface area (Å²) in [6.45, 7) is 4.66. The van der Waals surface area contributed by atoms with Crippen LogP contribution in [0.3, 0.4) is 0 Å². The Morgan fingerprint density at radius 2 is 1.49 bits per heavy atom. The van der Waals surface area contributed by atoms with Gasteiger partial charge in [-0.15, -0.1) is 0 Å². The van der Waals surface area contributed by atoms with Gasteiger partial charge < -0.3 is 4.42 Å².